The van der Waals surface area contributed by atoms with Crippen LogP contribution in [0, 0.1) is 0 Å². The first-order valence-electron chi connectivity index (χ1n) is 11.6. The number of rotatable bonds is 5. The molecule has 5 rings (SSSR count). The third-order valence-electron chi connectivity index (χ3n) is 6.31. The lowest BCUT2D eigenvalue weighted by Gasteiger charge is -2.22. The molecule has 0 radical (unpaired) electrons. The molecule has 0 spiro atoms. The highest BCUT2D eigenvalue weighted by Crippen LogP contribution is 2.26. The first kappa shape index (κ1) is 21.0. The zero-order valence-electron chi connectivity index (χ0n) is 18.4. The topological polar surface area (TPSA) is 74.0 Å². The largest absolute Gasteiger partial charge is 0.355 e. The molecule has 5 heteroatoms. The van der Waals surface area contributed by atoms with E-state index in [-0.39, 0.29) is 11.8 Å². The number of fused-ring (bicyclic) bond motifs is 1. The molecule has 1 aliphatic carbocycles. The van der Waals surface area contributed by atoms with E-state index in [2.05, 4.69) is 21.7 Å². The van der Waals surface area contributed by atoms with Crippen molar-refractivity contribution in [2.45, 2.75) is 38.1 Å². The van der Waals surface area contributed by atoms with E-state index in [1.54, 1.807) is 12.1 Å². The highest BCUT2D eigenvalue weighted by molar-refractivity contribution is 6.04. The van der Waals surface area contributed by atoms with E-state index in [1.165, 1.54) is 19.3 Å². The number of aromatic amines is 1. The Morgan fingerprint density at radius 3 is 2.27 bits per heavy atom. The summed E-state index contributed by atoms with van der Waals surface area (Å²) in [6.07, 6.45) is 5.80. The van der Waals surface area contributed by atoms with Crippen molar-refractivity contribution in [1.82, 2.24) is 10.3 Å². The first-order chi connectivity index (χ1) is 16.2. The van der Waals surface area contributed by atoms with E-state index in [0.717, 1.165) is 40.7 Å². The summed E-state index contributed by atoms with van der Waals surface area (Å²) < 4.78 is 0. The van der Waals surface area contributed by atoms with Crippen LogP contribution in [0.5, 0.6) is 0 Å². The molecule has 0 unspecified atom stereocenters. The molecule has 0 atom stereocenters. The number of hydrogen-bond acceptors (Lipinski definition) is 2. The fourth-order valence-electron chi connectivity index (χ4n) is 4.47. The number of benzene rings is 3. The van der Waals surface area contributed by atoms with Crippen LogP contribution in [0.4, 0.5) is 5.69 Å². The summed E-state index contributed by atoms with van der Waals surface area (Å²) in [5, 5.41) is 7.11. The number of aromatic nitrogens is 1. The maximum absolute atomic E-state index is 12.7. The molecule has 3 N–H and O–H groups in total. The zero-order valence-corrected chi connectivity index (χ0v) is 18.4. The van der Waals surface area contributed by atoms with Gasteiger partial charge >= 0.3 is 0 Å². The van der Waals surface area contributed by atoms with E-state index in [4.69, 9.17) is 0 Å². The fourth-order valence-corrected chi connectivity index (χ4v) is 4.47. The molecule has 1 heterocycles. The van der Waals surface area contributed by atoms with Gasteiger partial charge in [0.05, 0.1) is 0 Å². The van der Waals surface area contributed by atoms with Gasteiger partial charge in [-0.05, 0) is 66.9 Å². The van der Waals surface area contributed by atoms with Crippen LogP contribution in [0.2, 0.25) is 0 Å². The van der Waals surface area contributed by atoms with Crippen molar-refractivity contribution in [1.29, 1.82) is 0 Å². The molecular weight excluding hydrogens is 410 g/mol. The minimum absolute atomic E-state index is 0.00469. The maximum Gasteiger partial charge on any atom is 0.255 e. The molecule has 4 aromatic rings. The van der Waals surface area contributed by atoms with Crippen LogP contribution in [0.25, 0.3) is 22.2 Å². The van der Waals surface area contributed by atoms with Gasteiger partial charge in [0, 0.05) is 39.5 Å². The van der Waals surface area contributed by atoms with Crippen molar-refractivity contribution in [3.63, 3.8) is 0 Å². The Kier molecular flexibility index (Phi) is 5.94. The Balaban J connectivity index is 1.29. The molecule has 0 aliphatic heterocycles. The molecule has 166 valence electrons. The summed E-state index contributed by atoms with van der Waals surface area (Å²) in [5.41, 5.74) is 5.03. The maximum atomic E-state index is 12.7. The molecule has 2 amide bonds. The number of anilines is 1. The summed E-state index contributed by atoms with van der Waals surface area (Å²) in [6.45, 7) is 0. The number of amides is 2. The van der Waals surface area contributed by atoms with Crippen LogP contribution in [0.15, 0.2) is 78.9 Å². The summed E-state index contributed by atoms with van der Waals surface area (Å²) >= 11 is 0. The van der Waals surface area contributed by atoms with Crippen LogP contribution in [0.1, 0.15) is 52.8 Å². The SMILES string of the molecule is O=C(Nc1ccc(-c2cc3cc(C(=O)NC4CCCCC4)ccc3[nH]2)cc1)c1ccccc1. The highest BCUT2D eigenvalue weighted by atomic mass is 16.2. The fraction of sp³-hybridized carbons (Fsp3) is 0.214. The Hall–Kier alpha value is -3.86. The molecule has 0 saturated heterocycles. The van der Waals surface area contributed by atoms with Crippen molar-refractivity contribution in [2.75, 3.05) is 5.32 Å². The summed E-state index contributed by atoms with van der Waals surface area (Å²) in [5.74, 6) is -0.127. The summed E-state index contributed by atoms with van der Waals surface area (Å²) in [6, 6.07) is 25.0. The normalized spacial score (nSPS) is 14.2. The molecule has 1 fully saturated rings. The van der Waals surface area contributed by atoms with E-state index in [1.807, 2.05) is 60.7 Å². The standard InChI is InChI=1S/C28H27N3O2/c32-27(20-7-3-1-4-8-20)30-24-14-11-19(12-15-24)26-18-22-17-21(13-16-25(22)31-26)28(33)29-23-9-5-2-6-10-23/h1,3-4,7-8,11-18,23,31H,2,5-6,9-10H2,(H,29,33)(H,30,32). The second-order valence-electron chi connectivity index (χ2n) is 8.69. The molecule has 1 aromatic heterocycles. The molecule has 1 saturated carbocycles. The zero-order chi connectivity index (χ0) is 22.6. The summed E-state index contributed by atoms with van der Waals surface area (Å²) in [4.78, 5) is 28.5. The minimum Gasteiger partial charge on any atom is -0.355 e. The predicted octanol–water partition coefficient (Wildman–Crippen LogP) is 6.15. The monoisotopic (exact) mass is 437 g/mol. The third kappa shape index (κ3) is 4.82. The van der Waals surface area contributed by atoms with Crippen LogP contribution < -0.4 is 10.6 Å². The van der Waals surface area contributed by atoms with Gasteiger partial charge in [-0.1, -0.05) is 49.6 Å². The first-order valence-corrected chi connectivity index (χ1v) is 11.6. The lowest BCUT2D eigenvalue weighted by Crippen LogP contribution is -2.36. The van der Waals surface area contributed by atoms with E-state index in [0.29, 0.717) is 17.2 Å². The Morgan fingerprint density at radius 2 is 1.52 bits per heavy atom. The lowest BCUT2D eigenvalue weighted by molar-refractivity contribution is 0.0927. The molecular formula is C28H27N3O2. The van der Waals surface area contributed by atoms with Crippen LogP contribution in [-0.4, -0.2) is 22.8 Å². The average Bonchev–Trinajstić information content (AvgIpc) is 3.29. The van der Waals surface area contributed by atoms with Crippen molar-refractivity contribution in [3.8, 4) is 11.3 Å². The van der Waals surface area contributed by atoms with Gasteiger partial charge in [-0.25, -0.2) is 0 Å². The Labute approximate surface area is 193 Å². The van der Waals surface area contributed by atoms with E-state index < -0.39 is 0 Å². The van der Waals surface area contributed by atoms with Gasteiger partial charge < -0.3 is 15.6 Å². The number of H-pyrrole nitrogens is 1. The molecule has 33 heavy (non-hydrogen) atoms. The minimum atomic E-state index is -0.131. The van der Waals surface area contributed by atoms with E-state index >= 15 is 0 Å². The number of carbonyl (C=O) groups is 2. The van der Waals surface area contributed by atoms with Crippen molar-refractivity contribution in [2.24, 2.45) is 0 Å². The Bertz CT molecular complexity index is 1270. The van der Waals surface area contributed by atoms with Crippen LogP contribution in [-0.2, 0) is 0 Å². The van der Waals surface area contributed by atoms with Crippen molar-refractivity contribution in [3.05, 3.63) is 90.0 Å². The van der Waals surface area contributed by atoms with Gasteiger partial charge in [0.1, 0.15) is 0 Å². The van der Waals surface area contributed by atoms with Gasteiger partial charge in [-0.15, -0.1) is 0 Å². The predicted molar refractivity (Wildman–Crippen MR) is 132 cm³/mol. The van der Waals surface area contributed by atoms with Gasteiger partial charge in [0.2, 0.25) is 0 Å². The lowest BCUT2D eigenvalue weighted by atomic mass is 9.95. The number of hydrogen-bond donors (Lipinski definition) is 3. The Morgan fingerprint density at radius 1 is 0.758 bits per heavy atom. The molecule has 1 aliphatic rings. The van der Waals surface area contributed by atoms with Gasteiger partial charge in [-0.3, -0.25) is 9.59 Å². The second kappa shape index (κ2) is 9.33. The molecule has 3 aromatic carbocycles. The highest BCUT2D eigenvalue weighted by Gasteiger charge is 2.17. The van der Waals surface area contributed by atoms with Crippen LogP contribution >= 0.6 is 0 Å². The summed E-state index contributed by atoms with van der Waals surface area (Å²) in [7, 11) is 0. The quantitative estimate of drug-likeness (QED) is 0.350. The smallest absolute Gasteiger partial charge is 0.255 e. The van der Waals surface area contributed by atoms with Gasteiger partial charge in [0.25, 0.3) is 11.8 Å². The second-order valence-corrected chi connectivity index (χ2v) is 8.69. The molecule has 5 nitrogen and oxygen atoms in total. The van der Waals surface area contributed by atoms with E-state index in [9.17, 15) is 9.59 Å². The van der Waals surface area contributed by atoms with Gasteiger partial charge in [-0.2, -0.15) is 0 Å². The van der Waals surface area contributed by atoms with Crippen molar-refractivity contribution >= 4 is 28.4 Å². The number of carbonyl (C=O) groups excluding carboxylic acids is 2. The van der Waals surface area contributed by atoms with Gasteiger partial charge in [0.15, 0.2) is 0 Å². The number of nitrogens with one attached hydrogen (secondary N) is 3. The molecule has 0 bridgehead atoms. The average molecular weight is 438 g/mol. The van der Waals surface area contributed by atoms with Crippen molar-refractivity contribution < 1.29 is 9.59 Å². The van der Waals surface area contributed by atoms with Crippen LogP contribution in [0.3, 0.4) is 0 Å². The third-order valence-corrected chi connectivity index (χ3v) is 6.31.